The largest absolute Gasteiger partial charge is 0.0654 e. The number of hydrogen-bond acceptors (Lipinski definition) is 0. The van der Waals surface area contributed by atoms with Crippen LogP contribution in [0.1, 0.15) is 25.3 Å². The molecule has 0 heterocycles. The van der Waals surface area contributed by atoms with Crippen LogP contribution in [0.3, 0.4) is 0 Å². The van der Waals surface area contributed by atoms with E-state index in [4.69, 9.17) is 0 Å². The van der Waals surface area contributed by atoms with E-state index in [1.165, 1.54) is 40.3 Å². The first kappa shape index (κ1) is 12.9. The van der Waals surface area contributed by atoms with Crippen LogP contribution in [-0.2, 0) is 6.42 Å². The number of fused-ring (bicyclic) bond motifs is 1. The summed E-state index contributed by atoms with van der Waals surface area (Å²) in [5.74, 6) is 0. The van der Waals surface area contributed by atoms with E-state index in [0.717, 1.165) is 6.42 Å². The zero-order valence-corrected chi connectivity index (χ0v) is 12.0. The molecule has 0 spiro atoms. The SMILES string of the molecule is CCCCc1ccc2ccccc2c1-c1ccccc1. The van der Waals surface area contributed by atoms with Crippen LogP contribution in [0, 0.1) is 0 Å². The quantitative estimate of drug-likeness (QED) is 0.552. The smallest absolute Gasteiger partial charge is 0.00733 e. The van der Waals surface area contributed by atoms with Gasteiger partial charge in [0.25, 0.3) is 0 Å². The first-order chi connectivity index (χ1) is 9.90. The van der Waals surface area contributed by atoms with Crippen molar-refractivity contribution in [1.29, 1.82) is 0 Å². The van der Waals surface area contributed by atoms with Crippen LogP contribution < -0.4 is 0 Å². The van der Waals surface area contributed by atoms with E-state index in [9.17, 15) is 0 Å². The molecule has 100 valence electrons. The summed E-state index contributed by atoms with van der Waals surface area (Å²) in [4.78, 5) is 0. The molecule has 0 fully saturated rings. The molecule has 0 aromatic heterocycles. The molecule has 0 nitrogen and oxygen atoms in total. The molecule has 0 radical (unpaired) electrons. The molecule has 0 N–H and O–H groups in total. The van der Waals surface area contributed by atoms with Crippen LogP contribution in [0.4, 0.5) is 0 Å². The summed E-state index contributed by atoms with van der Waals surface area (Å²) in [7, 11) is 0. The Kier molecular flexibility index (Phi) is 3.83. The van der Waals surface area contributed by atoms with E-state index in [0.29, 0.717) is 0 Å². The highest BCUT2D eigenvalue weighted by molar-refractivity contribution is 5.98. The minimum atomic E-state index is 1.16. The monoisotopic (exact) mass is 260 g/mol. The van der Waals surface area contributed by atoms with Gasteiger partial charge in [0.2, 0.25) is 0 Å². The summed E-state index contributed by atoms with van der Waals surface area (Å²) in [5.41, 5.74) is 4.21. The maximum Gasteiger partial charge on any atom is -0.00733 e. The maximum absolute atomic E-state index is 2.31. The normalized spacial score (nSPS) is 10.8. The van der Waals surface area contributed by atoms with Gasteiger partial charge in [0, 0.05) is 0 Å². The van der Waals surface area contributed by atoms with Crippen LogP contribution >= 0.6 is 0 Å². The van der Waals surface area contributed by atoms with Gasteiger partial charge >= 0.3 is 0 Å². The Balaban J connectivity index is 2.23. The Labute approximate surface area is 121 Å². The van der Waals surface area contributed by atoms with E-state index < -0.39 is 0 Å². The molecule has 3 rings (SSSR count). The maximum atomic E-state index is 2.31. The predicted molar refractivity (Wildman–Crippen MR) is 88.0 cm³/mol. The van der Waals surface area contributed by atoms with Crippen molar-refractivity contribution in [3.63, 3.8) is 0 Å². The predicted octanol–water partition coefficient (Wildman–Crippen LogP) is 5.85. The molecule has 0 saturated carbocycles. The molecule has 3 aromatic carbocycles. The molecular formula is C20H20. The van der Waals surface area contributed by atoms with Crippen molar-refractivity contribution < 1.29 is 0 Å². The van der Waals surface area contributed by atoms with Gasteiger partial charge in [-0.25, -0.2) is 0 Å². The van der Waals surface area contributed by atoms with Crippen molar-refractivity contribution in [1.82, 2.24) is 0 Å². The van der Waals surface area contributed by atoms with E-state index in [-0.39, 0.29) is 0 Å². The molecule has 0 aliphatic carbocycles. The first-order valence-electron chi connectivity index (χ1n) is 7.46. The lowest BCUT2D eigenvalue weighted by molar-refractivity contribution is 0.797. The zero-order chi connectivity index (χ0) is 13.8. The number of unbranched alkanes of at least 4 members (excludes halogenated alkanes) is 1. The molecule has 0 aliphatic rings. The van der Waals surface area contributed by atoms with Gasteiger partial charge in [-0.15, -0.1) is 0 Å². The Morgan fingerprint density at radius 3 is 2.30 bits per heavy atom. The van der Waals surface area contributed by atoms with Gasteiger partial charge in [0.05, 0.1) is 0 Å². The second-order valence-electron chi connectivity index (χ2n) is 5.29. The highest BCUT2D eigenvalue weighted by Gasteiger charge is 2.09. The minimum absolute atomic E-state index is 1.16. The number of aryl methyl sites for hydroxylation is 1. The van der Waals surface area contributed by atoms with Crippen molar-refractivity contribution in [3.05, 3.63) is 72.3 Å². The Morgan fingerprint density at radius 2 is 1.50 bits per heavy atom. The summed E-state index contributed by atoms with van der Waals surface area (Å²) >= 11 is 0. The van der Waals surface area contributed by atoms with Crippen LogP contribution in [-0.4, -0.2) is 0 Å². The van der Waals surface area contributed by atoms with Crippen LogP contribution in [0.2, 0.25) is 0 Å². The van der Waals surface area contributed by atoms with E-state index in [2.05, 4.69) is 73.7 Å². The standard InChI is InChI=1S/C20H20/c1-2-3-9-18-15-14-16-10-7-8-13-19(16)20(18)17-11-5-4-6-12-17/h4-8,10-15H,2-3,9H2,1H3. The van der Waals surface area contributed by atoms with E-state index in [1.807, 2.05) is 0 Å². The molecule has 0 unspecified atom stereocenters. The summed E-state index contributed by atoms with van der Waals surface area (Å²) in [6.45, 7) is 2.25. The van der Waals surface area contributed by atoms with Gasteiger partial charge < -0.3 is 0 Å². The molecule has 0 amide bonds. The average Bonchev–Trinajstić information content (AvgIpc) is 2.53. The third-order valence-corrected chi connectivity index (χ3v) is 3.88. The average molecular weight is 260 g/mol. The van der Waals surface area contributed by atoms with E-state index in [1.54, 1.807) is 0 Å². The summed E-state index contributed by atoms with van der Waals surface area (Å²) in [5, 5.41) is 2.69. The van der Waals surface area contributed by atoms with Crippen molar-refractivity contribution in [2.75, 3.05) is 0 Å². The lowest BCUT2D eigenvalue weighted by Crippen LogP contribution is -1.92. The van der Waals surface area contributed by atoms with Crippen molar-refractivity contribution in [2.24, 2.45) is 0 Å². The third kappa shape index (κ3) is 2.46. The molecule has 20 heavy (non-hydrogen) atoms. The Morgan fingerprint density at radius 1 is 0.750 bits per heavy atom. The fraction of sp³-hybridized carbons (Fsp3) is 0.200. The fourth-order valence-corrected chi connectivity index (χ4v) is 2.84. The molecule has 0 saturated heterocycles. The summed E-state index contributed by atoms with van der Waals surface area (Å²) in [6.07, 6.45) is 3.64. The van der Waals surface area contributed by atoms with Crippen LogP contribution in [0.25, 0.3) is 21.9 Å². The summed E-state index contributed by atoms with van der Waals surface area (Å²) < 4.78 is 0. The molecule has 0 heteroatoms. The second kappa shape index (κ2) is 5.92. The van der Waals surface area contributed by atoms with Gasteiger partial charge in [-0.2, -0.15) is 0 Å². The number of benzene rings is 3. The second-order valence-corrected chi connectivity index (χ2v) is 5.29. The van der Waals surface area contributed by atoms with Gasteiger partial charge in [-0.3, -0.25) is 0 Å². The van der Waals surface area contributed by atoms with E-state index >= 15 is 0 Å². The van der Waals surface area contributed by atoms with Crippen molar-refractivity contribution >= 4 is 10.8 Å². The highest BCUT2D eigenvalue weighted by Crippen LogP contribution is 2.32. The molecule has 0 atom stereocenters. The van der Waals surface area contributed by atoms with Crippen LogP contribution in [0.15, 0.2) is 66.7 Å². The first-order valence-corrected chi connectivity index (χ1v) is 7.46. The molecule has 0 bridgehead atoms. The van der Waals surface area contributed by atoms with Gasteiger partial charge in [0.15, 0.2) is 0 Å². The lowest BCUT2D eigenvalue weighted by Gasteiger charge is -2.13. The van der Waals surface area contributed by atoms with Gasteiger partial charge in [-0.05, 0) is 40.3 Å². The highest BCUT2D eigenvalue weighted by atomic mass is 14.1. The third-order valence-electron chi connectivity index (χ3n) is 3.88. The minimum Gasteiger partial charge on any atom is -0.0654 e. The number of hydrogen-bond donors (Lipinski definition) is 0. The fourth-order valence-electron chi connectivity index (χ4n) is 2.84. The molecule has 3 aromatic rings. The van der Waals surface area contributed by atoms with Crippen molar-refractivity contribution in [3.8, 4) is 11.1 Å². The van der Waals surface area contributed by atoms with Gasteiger partial charge in [0.1, 0.15) is 0 Å². The lowest BCUT2D eigenvalue weighted by atomic mass is 9.91. The topological polar surface area (TPSA) is 0 Å². The summed E-state index contributed by atoms with van der Waals surface area (Å²) in [6, 6.07) is 24.0. The zero-order valence-electron chi connectivity index (χ0n) is 12.0. The number of rotatable bonds is 4. The Bertz CT molecular complexity index is 696. The van der Waals surface area contributed by atoms with Crippen molar-refractivity contribution in [2.45, 2.75) is 26.2 Å². The molecular weight excluding hydrogens is 240 g/mol. The molecule has 0 aliphatic heterocycles. The van der Waals surface area contributed by atoms with Gasteiger partial charge in [-0.1, -0.05) is 80.1 Å². The van der Waals surface area contributed by atoms with Crippen LogP contribution in [0.5, 0.6) is 0 Å². The Hall–Kier alpha value is -2.08.